The summed E-state index contributed by atoms with van der Waals surface area (Å²) in [6.45, 7) is -0.0452. The largest absolute Gasteiger partial charge is 0.431 e. The van der Waals surface area contributed by atoms with Crippen molar-refractivity contribution in [3.05, 3.63) is 48.2 Å². The number of hydrogen-bond donors (Lipinski definition) is 1. The average Bonchev–Trinajstić information content (AvgIpc) is 2.81. The number of oxazole rings is 1. The Morgan fingerprint density at radius 1 is 1.17 bits per heavy atom. The second-order valence-corrected chi connectivity index (χ2v) is 4.62. The van der Waals surface area contributed by atoms with Crippen LogP contribution in [0.2, 0.25) is 0 Å². The molecule has 5 heteroatoms. The number of para-hydroxylation sites is 2. The standard InChI is InChI=1S/C13H10N2O2S/c16-8-9-4-3-7-14-12(9)18-13-15-10-5-1-2-6-11(10)17-13/h1-7,16H,8H2. The highest BCUT2D eigenvalue weighted by atomic mass is 32.2. The summed E-state index contributed by atoms with van der Waals surface area (Å²) in [6.07, 6.45) is 1.68. The number of benzene rings is 1. The van der Waals surface area contributed by atoms with Crippen LogP contribution in [0, 0.1) is 0 Å². The molecule has 0 amide bonds. The van der Waals surface area contributed by atoms with Crippen LogP contribution in [0.5, 0.6) is 0 Å². The molecule has 0 saturated carbocycles. The Hall–Kier alpha value is -1.85. The van der Waals surface area contributed by atoms with Crippen LogP contribution in [0.1, 0.15) is 5.56 Å². The van der Waals surface area contributed by atoms with E-state index in [9.17, 15) is 5.11 Å². The molecule has 0 radical (unpaired) electrons. The van der Waals surface area contributed by atoms with Crippen molar-refractivity contribution in [2.75, 3.05) is 0 Å². The molecule has 0 saturated heterocycles. The number of aliphatic hydroxyl groups excluding tert-OH is 1. The zero-order valence-corrected chi connectivity index (χ0v) is 10.2. The van der Waals surface area contributed by atoms with Gasteiger partial charge in [-0.25, -0.2) is 9.97 Å². The second-order valence-electron chi connectivity index (χ2n) is 3.68. The summed E-state index contributed by atoms with van der Waals surface area (Å²) in [5.74, 6) is 0. The molecular formula is C13H10N2O2S. The van der Waals surface area contributed by atoms with E-state index in [4.69, 9.17) is 4.42 Å². The van der Waals surface area contributed by atoms with Gasteiger partial charge in [-0.1, -0.05) is 18.2 Å². The van der Waals surface area contributed by atoms with Crippen LogP contribution >= 0.6 is 11.8 Å². The first-order valence-corrected chi connectivity index (χ1v) is 6.26. The van der Waals surface area contributed by atoms with Gasteiger partial charge in [-0.2, -0.15) is 0 Å². The quantitative estimate of drug-likeness (QED) is 0.782. The van der Waals surface area contributed by atoms with Crippen LogP contribution in [0.4, 0.5) is 0 Å². The molecule has 0 bridgehead atoms. The lowest BCUT2D eigenvalue weighted by atomic mass is 10.3. The molecule has 90 valence electrons. The Morgan fingerprint density at radius 2 is 2.06 bits per heavy atom. The number of rotatable bonds is 3. The number of pyridine rings is 1. The molecule has 18 heavy (non-hydrogen) atoms. The van der Waals surface area contributed by atoms with Gasteiger partial charge < -0.3 is 9.52 Å². The first-order chi connectivity index (χ1) is 8.86. The highest BCUT2D eigenvalue weighted by Gasteiger charge is 2.10. The molecule has 4 nitrogen and oxygen atoms in total. The van der Waals surface area contributed by atoms with Crippen LogP contribution < -0.4 is 0 Å². The van der Waals surface area contributed by atoms with Gasteiger partial charge >= 0.3 is 0 Å². The van der Waals surface area contributed by atoms with Crippen molar-refractivity contribution < 1.29 is 9.52 Å². The predicted molar refractivity (Wildman–Crippen MR) is 68.3 cm³/mol. The molecule has 0 unspecified atom stereocenters. The number of aromatic nitrogens is 2. The fourth-order valence-corrected chi connectivity index (χ4v) is 2.43. The minimum absolute atomic E-state index is 0.0452. The van der Waals surface area contributed by atoms with E-state index in [0.717, 1.165) is 16.7 Å². The van der Waals surface area contributed by atoms with E-state index in [1.54, 1.807) is 12.3 Å². The maximum Gasteiger partial charge on any atom is 0.263 e. The maximum atomic E-state index is 9.23. The van der Waals surface area contributed by atoms with Crippen LogP contribution in [0.15, 0.2) is 57.3 Å². The Morgan fingerprint density at radius 3 is 2.89 bits per heavy atom. The Balaban J connectivity index is 1.96. The smallest absolute Gasteiger partial charge is 0.263 e. The Bertz CT molecular complexity index is 648. The third kappa shape index (κ3) is 2.10. The molecule has 1 aromatic carbocycles. The summed E-state index contributed by atoms with van der Waals surface area (Å²) in [7, 11) is 0. The van der Waals surface area contributed by atoms with Gasteiger partial charge in [-0.15, -0.1) is 0 Å². The molecule has 2 heterocycles. The SMILES string of the molecule is OCc1cccnc1Sc1nc2ccccc2o1. The van der Waals surface area contributed by atoms with Crippen molar-refractivity contribution in [3.63, 3.8) is 0 Å². The fraction of sp³-hybridized carbons (Fsp3) is 0.0769. The van der Waals surface area contributed by atoms with E-state index in [0.29, 0.717) is 10.2 Å². The zero-order valence-electron chi connectivity index (χ0n) is 9.41. The molecule has 1 N–H and O–H groups in total. The van der Waals surface area contributed by atoms with Gasteiger partial charge in [-0.05, 0) is 30.0 Å². The van der Waals surface area contributed by atoms with E-state index < -0.39 is 0 Å². The van der Waals surface area contributed by atoms with Gasteiger partial charge in [0.05, 0.1) is 6.61 Å². The topological polar surface area (TPSA) is 59.2 Å². The van der Waals surface area contributed by atoms with Gasteiger partial charge in [0.2, 0.25) is 0 Å². The van der Waals surface area contributed by atoms with E-state index in [-0.39, 0.29) is 6.61 Å². The van der Waals surface area contributed by atoms with E-state index in [1.165, 1.54) is 11.8 Å². The Labute approximate surface area is 108 Å². The minimum atomic E-state index is -0.0452. The zero-order chi connectivity index (χ0) is 12.4. The van der Waals surface area contributed by atoms with Crippen molar-refractivity contribution in [2.45, 2.75) is 16.9 Å². The van der Waals surface area contributed by atoms with Crippen LogP contribution in [0.3, 0.4) is 0 Å². The molecular weight excluding hydrogens is 248 g/mol. The number of fused-ring (bicyclic) bond motifs is 1. The second kappa shape index (κ2) is 4.80. The van der Waals surface area contributed by atoms with Gasteiger partial charge in [-0.3, -0.25) is 0 Å². The number of hydrogen-bond acceptors (Lipinski definition) is 5. The van der Waals surface area contributed by atoms with Crippen molar-refractivity contribution in [2.24, 2.45) is 0 Å². The maximum absolute atomic E-state index is 9.23. The number of nitrogens with zero attached hydrogens (tertiary/aromatic N) is 2. The lowest BCUT2D eigenvalue weighted by Gasteiger charge is -2.01. The lowest BCUT2D eigenvalue weighted by Crippen LogP contribution is -1.89. The predicted octanol–water partition coefficient (Wildman–Crippen LogP) is 2.87. The molecule has 3 rings (SSSR count). The first-order valence-electron chi connectivity index (χ1n) is 5.45. The van der Waals surface area contributed by atoms with Gasteiger partial charge in [0.15, 0.2) is 5.58 Å². The molecule has 0 aliphatic rings. The van der Waals surface area contributed by atoms with Gasteiger partial charge in [0, 0.05) is 11.8 Å². The average molecular weight is 258 g/mol. The van der Waals surface area contributed by atoms with Crippen LogP contribution in [-0.2, 0) is 6.61 Å². The minimum Gasteiger partial charge on any atom is -0.431 e. The summed E-state index contributed by atoms with van der Waals surface area (Å²) < 4.78 is 5.60. The molecule has 3 aromatic rings. The van der Waals surface area contributed by atoms with E-state index >= 15 is 0 Å². The number of aliphatic hydroxyl groups is 1. The summed E-state index contributed by atoms with van der Waals surface area (Å²) in [4.78, 5) is 8.58. The lowest BCUT2D eigenvalue weighted by molar-refractivity contribution is 0.278. The summed E-state index contributed by atoms with van der Waals surface area (Å²) >= 11 is 1.32. The summed E-state index contributed by atoms with van der Waals surface area (Å²) in [6, 6.07) is 11.2. The van der Waals surface area contributed by atoms with Crippen LogP contribution in [-0.4, -0.2) is 15.1 Å². The Kier molecular flexibility index (Phi) is 3.00. The summed E-state index contributed by atoms with van der Waals surface area (Å²) in [5.41, 5.74) is 2.34. The third-order valence-electron chi connectivity index (χ3n) is 2.48. The van der Waals surface area contributed by atoms with Crippen molar-refractivity contribution in [1.29, 1.82) is 0 Å². The fourth-order valence-electron chi connectivity index (χ4n) is 1.61. The van der Waals surface area contributed by atoms with E-state index in [1.807, 2.05) is 30.3 Å². The third-order valence-corrected chi connectivity index (χ3v) is 3.39. The molecule has 0 atom stereocenters. The molecule has 0 aliphatic heterocycles. The molecule has 0 spiro atoms. The summed E-state index contributed by atoms with van der Waals surface area (Å²) in [5, 5.41) is 10.5. The highest BCUT2D eigenvalue weighted by Crippen LogP contribution is 2.30. The van der Waals surface area contributed by atoms with Gasteiger partial charge in [0.25, 0.3) is 5.22 Å². The molecule has 0 fully saturated rings. The molecule has 0 aliphatic carbocycles. The van der Waals surface area contributed by atoms with Crippen molar-refractivity contribution >= 4 is 22.9 Å². The first kappa shape index (κ1) is 11.3. The monoisotopic (exact) mass is 258 g/mol. The van der Waals surface area contributed by atoms with Crippen LogP contribution in [0.25, 0.3) is 11.1 Å². The van der Waals surface area contributed by atoms with Crippen molar-refractivity contribution in [1.82, 2.24) is 9.97 Å². The van der Waals surface area contributed by atoms with E-state index in [2.05, 4.69) is 9.97 Å². The normalized spacial score (nSPS) is 10.9. The van der Waals surface area contributed by atoms with Crippen molar-refractivity contribution in [3.8, 4) is 0 Å². The highest BCUT2D eigenvalue weighted by molar-refractivity contribution is 7.99. The molecule has 2 aromatic heterocycles. The van der Waals surface area contributed by atoms with Gasteiger partial charge in [0.1, 0.15) is 10.5 Å².